The summed E-state index contributed by atoms with van der Waals surface area (Å²) >= 11 is 12.3. The van der Waals surface area contributed by atoms with Crippen LogP contribution < -0.4 is 11.5 Å². The highest BCUT2D eigenvalue weighted by atomic mass is 35.5. The van der Waals surface area contributed by atoms with Gasteiger partial charge in [0, 0.05) is 0 Å². The van der Waals surface area contributed by atoms with Gasteiger partial charge in [-0.15, -0.1) is 0 Å². The lowest BCUT2D eigenvalue weighted by molar-refractivity contribution is 0.962. The van der Waals surface area contributed by atoms with Crippen LogP contribution in [0.1, 0.15) is 11.1 Å². The lowest BCUT2D eigenvalue weighted by atomic mass is 10.0. The van der Waals surface area contributed by atoms with Crippen molar-refractivity contribution in [2.24, 2.45) is 0 Å². The molecule has 0 aliphatic carbocycles. The molecule has 0 saturated carbocycles. The molecule has 0 spiro atoms. The highest BCUT2D eigenvalue weighted by Gasteiger charge is 2.07. The van der Waals surface area contributed by atoms with Gasteiger partial charge < -0.3 is 11.5 Å². The Morgan fingerprint density at radius 2 is 1.11 bits per heavy atom. The zero-order valence-corrected chi connectivity index (χ0v) is 11.3. The van der Waals surface area contributed by atoms with Crippen LogP contribution in [0.5, 0.6) is 0 Å². The van der Waals surface area contributed by atoms with Crippen LogP contribution in [0.3, 0.4) is 0 Å². The Labute approximate surface area is 117 Å². The van der Waals surface area contributed by atoms with Gasteiger partial charge in [0.1, 0.15) is 0 Å². The van der Waals surface area contributed by atoms with E-state index in [4.69, 9.17) is 34.7 Å². The summed E-state index contributed by atoms with van der Waals surface area (Å²) in [6, 6.07) is 11.3. The number of benzene rings is 2. The van der Waals surface area contributed by atoms with Crippen LogP contribution in [0.4, 0.5) is 11.4 Å². The van der Waals surface area contributed by atoms with Crippen LogP contribution >= 0.6 is 23.2 Å². The van der Waals surface area contributed by atoms with E-state index in [1.54, 1.807) is 12.1 Å². The minimum atomic E-state index is 0.604. The molecule has 0 aromatic heterocycles. The normalized spacial score (nSPS) is 10.6. The van der Waals surface area contributed by atoms with E-state index in [0.29, 0.717) is 21.4 Å². The molecule has 4 N–H and O–H groups in total. The summed E-state index contributed by atoms with van der Waals surface area (Å²) in [4.78, 5) is 0. The third-order valence-electron chi connectivity index (χ3n) is 2.88. The lowest BCUT2D eigenvalue weighted by Gasteiger charge is -2.09. The van der Waals surface area contributed by atoms with Crippen molar-refractivity contribution in [1.82, 2.24) is 0 Å². The fourth-order valence-electron chi connectivity index (χ4n) is 1.85. The average molecular weight is 281 g/mol. The van der Waals surface area contributed by atoms with Crippen LogP contribution in [-0.2, 0) is 12.8 Å². The van der Waals surface area contributed by atoms with Gasteiger partial charge in [0.25, 0.3) is 0 Å². The molecule has 0 atom stereocenters. The first-order valence-electron chi connectivity index (χ1n) is 5.65. The predicted molar refractivity (Wildman–Crippen MR) is 79.1 cm³/mol. The molecule has 94 valence electrons. The first-order chi connectivity index (χ1) is 8.59. The van der Waals surface area contributed by atoms with Crippen molar-refractivity contribution in [3.05, 3.63) is 57.6 Å². The second-order valence-corrected chi connectivity index (χ2v) is 4.90. The third-order valence-corrected chi connectivity index (χ3v) is 3.80. The lowest BCUT2D eigenvalue weighted by Crippen LogP contribution is -1.97. The maximum Gasteiger partial charge on any atom is 0.0667 e. The van der Waals surface area contributed by atoms with Gasteiger partial charge >= 0.3 is 0 Å². The fraction of sp³-hybridized carbons (Fsp3) is 0.143. The Bertz CT molecular complexity index is 516. The average Bonchev–Trinajstić information content (AvgIpc) is 2.36. The van der Waals surface area contributed by atoms with Gasteiger partial charge in [-0.25, -0.2) is 0 Å². The molecule has 2 aromatic rings. The van der Waals surface area contributed by atoms with E-state index in [9.17, 15) is 0 Å². The highest BCUT2D eigenvalue weighted by Crippen LogP contribution is 2.27. The number of halogens is 2. The molecule has 0 fully saturated rings. The summed E-state index contributed by atoms with van der Waals surface area (Å²) in [5, 5.41) is 1.25. The summed E-state index contributed by atoms with van der Waals surface area (Å²) in [5.74, 6) is 0. The van der Waals surface area contributed by atoms with Crippen LogP contribution in [0.25, 0.3) is 0 Å². The second kappa shape index (κ2) is 5.51. The maximum absolute atomic E-state index is 6.15. The van der Waals surface area contributed by atoms with Gasteiger partial charge in [0.05, 0.1) is 21.4 Å². The molecule has 2 nitrogen and oxygen atoms in total. The van der Waals surface area contributed by atoms with Gasteiger partial charge in [-0.2, -0.15) is 0 Å². The Morgan fingerprint density at radius 1 is 0.722 bits per heavy atom. The number of aryl methyl sites for hydroxylation is 2. The van der Waals surface area contributed by atoms with Gasteiger partial charge in [-0.3, -0.25) is 0 Å². The van der Waals surface area contributed by atoms with Crippen molar-refractivity contribution >= 4 is 34.6 Å². The van der Waals surface area contributed by atoms with Crippen molar-refractivity contribution in [2.45, 2.75) is 12.8 Å². The van der Waals surface area contributed by atoms with Crippen LogP contribution in [0.15, 0.2) is 36.4 Å². The monoisotopic (exact) mass is 280 g/mol. The van der Waals surface area contributed by atoms with E-state index < -0.39 is 0 Å². The molecule has 0 bridgehead atoms. The third kappa shape index (κ3) is 2.71. The molecule has 2 rings (SSSR count). The molecule has 0 amide bonds. The topological polar surface area (TPSA) is 52.0 Å². The molecule has 0 aliphatic rings. The van der Waals surface area contributed by atoms with Crippen molar-refractivity contribution in [3.8, 4) is 0 Å². The van der Waals surface area contributed by atoms with Gasteiger partial charge in [-0.1, -0.05) is 47.5 Å². The van der Waals surface area contributed by atoms with Crippen molar-refractivity contribution in [3.63, 3.8) is 0 Å². The summed E-state index contributed by atoms with van der Waals surface area (Å²) in [6.45, 7) is 0. The molecule has 2 aromatic carbocycles. The molecule has 0 radical (unpaired) electrons. The molecule has 0 heterocycles. The number of nitrogens with two attached hydrogens (primary N) is 2. The number of rotatable bonds is 3. The zero-order chi connectivity index (χ0) is 13.1. The first-order valence-corrected chi connectivity index (χ1v) is 6.41. The second-order valence-electron chi connectivity index (χ2n) is 4.14. The van der Waals surface area contributed by atoms with Gasteiger partial charge in [-0.05, 0) is 36.1 Å². The molecule has 18 heavy (non-hydrogen) atoms. The molecule has 0 unspecified atom stereocenters. The number of hydrogen-bond acceptors (Lipinski definition) is 2. The Balaban J connectivity index is 2.17. The molecule has 4 heteroatoms. The number of nitrogen functional groups attached to an aromatic ring is 2. The van der Waals surface area contributed by atoms with E-state index in [1.165, 1.54) is 0 Å². The highest BCUT2D eigenvalue weighted by molar-refractivity contribution is 6.34. The predicted octanol–water partition coefficient (Wildman–Crippen LogP) is 3.94. The number of anilines is 2. The van der Waals surface area contributed by atoms with Crippen molar-refractivity contribution in [1.29, 1.82) is 0 Å². The molecular weight excluding hydrogens is 267 g/mol. The van der Waals surface area contributed by atoms with E-state index in [1.807, 2.05) is 24.3 Å². The van der Waals surface area contributed by atoms with E-state index in [0.717, 1.165) is 24.0 Å². The zero-order valence-electron chi connectivity index (χ0n) is 9.79. The summed E-state index contributed by atoms with van der Waals surface area (Å²) in [5.41, 5.74) is 14.8. The summed E-state index contributed by atoms with van der Waals surface area (Å²) in [7, 11) is 0. The molecular formula is C14H14Cl2N2. The molecule has 0 saturated heterocycles. The van der Waals surface area contributed by atoms with Crippen LogP contribution in [0, 0.1) is 0 Å². The van der Waals surface area contributed by atoms with Gasteiger partial charge in [0.15, 0.2) is 0 Å². The maximum atomic E-state index is 6.15. The van der Waals surface area contributed by atoms with Crippen LogP contribution in [0.2, 0.25) is 10.0 Å². The SMILES string of the molecule is Nc1cccc(CCc2cccc(N)c2Cl)c1Cl. The Kier molecular flexibility index (Phi) is 4.00. The standard InChI is InChI=1S/C14H14Cl2N2/c15-13-9(3-1-5-11(13)17)7-8-10-4-2-6-12(18)14(10)16/h1-6H,7-8,17-18H2. The minimum absolute atomic E-state index is 0.604. The van der Waals surface area contributed by atoms with Crippen LogP contribution in [-0.4, -0.2) is 0 Å². The largest absolute Gasteiger partial charge is 0.398 e. The number of hydrogen-bond donors (Lipinski definition) is 2. The Morgan fingerprint density at radius 3 is 1.50 bits per heavy atom. The smallest absolute Gasteiger partial charge is 0.0667 e. The minimum Gasteiger partial charge on any atom is -0.398 e. The fourth-order valence-corrected chi connectivity index (χ4v) is 2.30. The van der Waals surface area contributed by atoms with E-state index in [2.05, 4.69) is 0 Å². The summed E-state index contributed by atoms with van der Waals surface area (Å²) in [6.07, 6.45) is 1.57. The van der Waals surface area contributed by atoms with Crippen molar-refractivity contribution in [2.75, 3.05) is 11.5 Å². The quantitative estimate of drug-likeness (QED) is 0.837. The van der Waals surface area contributed by atoms with E-state index in [-0.39, 0.29) is 0 Å². The Hall–Kier alpha value is -1.38. The summed E-state index contributed by atoms with van der Waals surface area (Å²) < 4.78 is 0. The van der Waals surface area contributed by atoms with Gasteiger partial charge in [0.2, 0.25) is 0 Å². The first kappa shape index (κ1) is 13.1. The van der Waals surface area contributed by atoms with Crippen molar-refractivity contribution < 1.29 is 0 Å². The van der Waals surface area contributed by atoms with E-state index >= 15 is 0 Å². The molecule has 0 aliphatic heterocycles.